The Morgan fingerprint density at radius 1 is 1.23 bits per heavy atom. The molecule has 138 valence electrons. The summed E-state index contributed by atoms with van der Waals surface area (Å²) in [5.74, 6) is 0.823. The van der Waals surface area contributed by atoms with Gasteiger partial charge in [-0.15, -0.1) is 0 Å². The number of hydrogen-bond donors (Lipinski definition) is 1. The number of anilines is 1. The topological polar surface area (TPSA) is 48.5 Å². The van der Waals surface area contributed by atoms with Gasteiger partial charge in [-0.05, 0) is 43.5 Å². The lowest BCUT2D eigenvalue weighted by atomic mass is 10.0. The van der Waals surface area contributed by atoms with Crippen LogP contribution < -0.4 is 5.32 Å². The van der Waals surface area contributed by atoms with Crippen molar-refractivity contribution in [3.63, 3.8) is 0 Å². The zero-order valence-corrected chi connectivity index (χ0v) is 15.7. The number of carbonyl (C=O) groups is 1. The van der Waals surface area contributed by atoms with Crippen LogP contribution in [0.1, 0.15) is 28.8 Å². The first-order chi connectivity index (χ1) is 12.6. The molecule has 2 heterocycles. The van der Waals surface area contributed by atoms with E-state index in [0.29, 0.717) is 11.6 Å². The molecular formula is C21H28N4O. The summed E-state index contributed by atoms with van der Waals surface area (Å²) in [7, 11) is 3.50. The van der Waals surface area contributed by atoms with E-state index < -0.39 is 0 Å². The second-order valence-electron chi connectivity index (χ2n) is 7.15. The second kappa shape index (κ2) is 8.81. The van der Waals surface area contributed by atoms with Gasteiger partial charge in [-0.1, -0.05) is 30.3 Å². The maximum Gasteiger partial charge on any atom is 0.254 e. The summed E-state index contributed by atoms with van der Waals surface area (Å²) in [6.45, 7) is 3.29. The molecule has 0 bridgehead atoms. The molecule has 1 atom stereocenters. The highest BCUT2D eigenvalue weighted by Gasteiger charge is 2.20. The van der Waals surface area contributed by atoms with Gasteiger partial charge in [0.05, 0.1) is 5.56 Å². The van der Waals surface area contributed by atoms with Crippen LogP contribution in [0.3, 0.4) is 0 Å². The quantitative estimate of drug-likeness (QED) is 0.868. The molecule has 3 rings (SSSR count). The van der Waals surface area contributed by atoms with E-state index >= 15 is 0 Å². The average molecular weight is 352 g/mol. The van der Waals surface area contributed by atoms with Gasteiger partial charge in [0, 0.05) is 39.4 Å². The Morgan fingerprint density at radius 3 is 2.73 bits per heavy atom. The van der Waals surface area contributed by atoms with Crippen LogP contribution in [0.25, 0.3) is 0 Å². The molecule has 0 unspecified atom stereocenters. The third-order valence-electron chi connectivity index (χ3n) is 4.83. The number of nitrogens with zero attached hydrogens (tertiary/aromatic N) is 3. The third kappa shape index (κ3) is 5.05. The lowest BCUT2D eigenvalue weighted by Gasteiger charge is -2.33. The Kier molecular flexibility index (Phi) is 6.23. The summed E-state index contributed by atoms with van der Waals surface area (Å²) < 4.78 is 0. The summed E-state index contributed by atoms with van der Waals surface area (Å²) in [6.07, 6.45) is 5.10. The molecule has 0 saturated carbocycles. The summed E-state index contributed by atoms with van der Waals surface area (Å²) in [4.78, 5) is 20.4. The predicted molar refractivity (Wildman–Crippen MR) is 105 cm³/mol. The van der Waals surface area contributed by atoms with E-state index in [0.717, 1.165) is 38.3 Å². The van der Waals surface area contributed by atoms with Crippen LogP contribution in [-0.2, 0) is 6.42 Å². The summed E-state index contributed by atoms with van der Waals surface area (Å²) >= 11 is 0. The van der Waals surface area contributed by atoms with Gasteiger partial charge in [-0.25, -0.2) is 4.98 Å². The molecule has 5 nitrogen and oxygen atoms in total. The fourth-order valence-electron chi connectivity index (χ4n) is 3.38. The molecule has 0 aliphatic carbocycles. The maximum atomic E-state index is 11.9. The van der Waals surface area contributed by atoms with Gasteiger partial charge in [0.15, 0.2) is 0 Å². The zero-order valence-electron chi connectivity index (χ0n) is 15.7. The molecule has 0 radical (unpaired) electrons. The van der Waals surface area contributed by atoms with Crippen molar-refractivity contribution in [3.8, 4) is 0 Å². The lowest BCUT2D eigenvalue weighted by Crippen LogP contribution is -2.43. The first-order valence-corrected chi connectivity index (χ1v) is 9.32. The lowest BCUT2D eigenvalue weighted by molar-refractivity contribution is 0.0827. The number of piperidine rings is 1. The van der Waals surface area contributed by atoms with Crippen LogP contribution >= 0.6 is 0 Å². The fraction of sp³-hybridized carbons (Fsp3) is 0.429. The number of nitrogens with one attached hydrogen (secondary N) is 1. The Labute approximate surface area is 156 Å². The van der Waals surface area contributed by atoms with Crippen molar-refractivity contribution in [1.29, 1.82) is 0 Å². The van der Waals surface area contributed by atoms with Gasteiger partial charge < -0.3 is 15.1 Å². The molecule has 5 heteroatoms. The Morgan fingerprint density at radius 2 is 2.04 bits per heavy atom. The first kappa shape index (κ1) is 18.4. The van der Waals surface area contributed by atoms with Gasteiger partial charge >= 0.3 is 0 Å². The number of pyridine rings is 1. The van der Waals surface area contributed by atoms with Crippen molar-refractivity contribution in [2.24, 2.45) is 0 Å². The number of likely N-dealkylation sites (tertiary alicyclic amines) is 1. The van der Waals surface area contributed by atoms with Crippen LogP contribution in [0.2, 0.25) is 0 Å². The summed E-state index contributed by atoms with van der Waals surface area (Å²) in [6, 6.07) is 14.8. The standard InChI is InChI=1S/C21H28N4O/c1-24(2)21(26)18-10-11-20(22-15-18)23-19-9-6-13-25(16-19)14-12-17-7-4-3-5-8-17/h3-5,7-8,10-11,15,19H,6,9,12-14,16H2,1-2H3,(H,22,23)/t19-/m0/s1. The van der Waals surface area contributed by atoms with E-state index in [4.69, 9.17) is 0 Å². The number of benzene rings is 1. The molecule has 1 amide bonds. The fourth-order valence-corrected chi connectivity index (χ4v) is 3.38. The molecule has 1 N–H and O–H groups in total. The minimum Gasteiger partial charge on any atom is -0.366 e. The maximum absolute atomic E-state index is 11.9. The summed E-state index contributed by atoms with van der Waals surface area (Å²) in [5, 5.41) is 3.53. The highest BCUT2D eigenvalue weighted by molar-refractivity contribution is 5.93. The van der Waals surface area contributed by atoms with Crippen molar-refractivity contribution < 1.29 is 4.79 Å². The van der Waals surface area contributed by atoms with Gasteiger partial charge in [0.2, 0.25) is 0 Å². The molecule has 1 aliphatic rings. The van der Waals surface area contributed by atoms with E-state index in [1.165, 1.54) is 12.0 Å². The molecule has 1 aromatic carbocycles. The smallest absolute Gasteiger partial charge is 0.254 e. The average Bonchev–Trinajstić information content (AvgIpc) is 2.67. The van der Waals surface area contributed by atoms with Crippen molar-refractivity contribution in [3.05, 3.63) is 59.8 Å². The Bertz CT molecular complexity index is 700. The van der Waals surface area contributed by atoms with E-state index in [1.807, 2.05) is 12.1 Å². The first-order valence-electron chi connectivity index (χ1n) is 9.32. The Balaban J connectivity index is 1.51. The Hall–Kier alpha value is -2.40. The number of amides is 1. The number of carbonyl (C=O) groups excluding carboxylic acids is 1. The molecule has 0 spiro atoms. The second-order valence-corrected chi connectivity index (χ2v) is 7.15. The highest BCUT2D eigenvalue weighted by atomic mass is 16.2. The predicted octanol–water partition coefficient (Wildman–Crippen LogP) is 2.90. The van der Waals surface area contributed by atoms with Crippen LogP contribution in [0.5, 0.6) is 0 Å². The molecule has 26 heavy (non-hydrogen) atoms. The van der Waals surface area contributed by atoms with Gasteiger partial charge in [-0.3, -0.25) is 4.79 Å². The number of hydrogen-bond acceptors (Lipinski definition) is 4. The highest BCUT2D eigenvalue weighted by Crippen LogP contribution is 2.16. The number of aromatic nitrogens is 1. The van der Waals surface area contributed by atoms with Crippen LogP contribution in [-0.4, -0.2) is 60.5 Å². The number of rotatable bonds is 6. The molecule has 1 saturated heterocycles. The monoisotopic (exact) mass is 352 g/mol. The van der Waals surface area contributed by atoms with E-state index in [-0.39, 0.29) is 5.91 Å². The van der Waals surface area contributed by atoms with E-state index in [1.54, 1.807) is 25.2 Å². The van der Waals surface area contributed by atoms with Crippen LogP contribution in [0.4, 0.5) is 5.82 Å². The SMILES string of the molecule is CN(C)C(=O)c1ccc(N[C@H]2CCCN(CCc3ccccc3)C2)nc1. The zero-order chi connectivity index (χ0) is 18.4. The van der Waals surface area contributed by atoms with Crippen LogP contribution in [0, 0.1) is 0 Å². The van der Waals surface area contributed by atoms with E-state index in [9.17, 15) is 4.79 Å². The van der Waals surface area contributed by atoms with Gasteiger partial charge in [0.1, 0.15) is 5.82 Å². The van der Waals surface area contributed by atoms with Crippen molar-refractivity contribution in [2.75, 3.05) is 39.0 Å². The molecule has 1 aliphatic heterocycles. The van der Waals surface area contributed by atoms with Gasteiger partial charge in [0.25, 0.3) is 5.91 Å². The molecule has 1 aromatic heterocycles. The largest absolute Gasteiger partial charge is 0.366 e. The van der Waals surface area contributed by atoms with Crippen molar-refractivity contribution in [2.45, 2.75) is 25.3 Å². The summed E-state index contributed by atoms with van der Waals surface area (Å²) in [5.41, 5.74) is 2.01. The van der Waals surface area contributed by atoms with Crippen LogP contribution in [0.15, 0.2) is 48.7 Å². The third-order valence-corrected chi connectivity index (χ3v) is 4.83. The molecular weight excluding hydrogens is 324 g/mol. The van der Waals surface area contributed by atoms with E-state index in [2.05, 4.69) is 45.5 Å². The minimum atomic E-state index is -0.0196. The van der Waals surface area contributed by atoms with Gasteiger partial charge in [-0.2, -0.15) is 0 Å². The molecule has 1 fully saturated rings. The molecule has 2 aromatic rings. The van der Waals surface area contributed by atoms with Crippen molar-refractivity contribution in [1.82, 2.24) is 14.8 Å². The minimum absolute atomic E-state index is 0.0196. The van der Waals surface area contributed by atoms with Crippen molar-refractivity contribution >= 4 is 11.7 Å². The normalized spacial score (nSPS) is 17.7.